The third-order valence-corrected chi connectivity index (χ3v) is 4.94. The van der Waals surface area contributed by atoms with Crippen molar-refractivity contribution in [3.8, 4) is 11.3 Å². The number of aliphatic hydroxyl groups is 1. The number of amides is 1. The van der Waals surface area contributed by atoms with E-state index in [1.807, 2.05) is 0 Å². The highest BCUT2D eigenvalue weighted by atomic mass is 19.4. The minimum Gasteiger partial charge on any atom is -0.391 e. The molecule has 1 amide bonds. The number of benzene rings is 1. The molecule has 1 aliphatic rings. The number of alkyl halides is 3. The van der Waals surface area contributed by atoms with E-state index in [2.05, 4.69) is 10.1 Å². The van der Waals surface area contributed by atoms with E-state index in [1.165, 1.54) is 11.0 Å². The fourth-order valence-corrected chi connectivity index (χ4v) is 3.50. The fourth-order valence-electron chi connectivity index (χ4n) is 3.50. The van der Waals surface area contributed by atoms with Gasteiger partial charge in [-0.05, 0) is 25.3 Å². The molecule has 29 heavy (non-hydrogen) atoms. The van der Waals surface area contributed by atoms with Gasteiger partial charge in [0.25, 0.3) is 5.91 Å². The molecule has 0 bridgehead atoms. The van der Waals surface area contributed by atoms with Crippen LogP contribution in [0.4, 0.5) is 13.2 Å². The van der Waals surface area contributed by atoms with E-state index in [4.69, 9.17) is 0 Å². The lowest BCUT2D eigenvalue weighted by Gasteiger charge is -2.20. The summed E-state index contributed by atoms with van der Waals surface area (Å²) in [5, 5.41) is 13.8. The van der Waals surface area contributed by atoms with Crippen molar-refractivity contribution >= 4 is 11.6 Å². The number of aromatic nitrogens is 3. The van der Waals surface area contributed by atoms with Crippen LogP contribution in [0, 0.1) is 0 Å². The Hall–Kier alpha value is -2.94. The molecular weight excluding hydrogens is 385 g/mol. The topological polar surface area (TPSA) is 70.7 Å². The van der Waals surface area contributed by atoms with Crippen molar-refractivity contribution in [1.82, 2.24) is 19.5 Å². The zero-order chi connectivity index (χ0) is 20.6. The Bertz CT molecular complexity index is 1030. The maximum absolute atomic E-state index is 13.7. The summed E-state index contributed by atoms with van der Waals surface area (Å²) in [6.45, 7) is 0.570. The smallest absolute Gasteiger partial charge is 0.391 e. The van der Waals surface area contributed by atoms with E-state index < -0.39 is 23.9 Å². The molecule has 4 rings (SSSR count). The van der Waals surface area contributed by atoms with E-state index in [1.54, 1.807) is 30.3 Å². The number of halogens is 3. The number of fused-ring (bicyclic) bond motifs is 1. The Kier molecular flexibility index (Phi) is 4.99. The van der Waals surface area contributed by atoms with Gasteiger partial charge in [-0.3, -0.25) is 4.79 Å². The molecule has 2 aromatic heterocycles. The number of nitrogens with zero attached hydrogens (tertiary/aromatic N) is 4. The van der Waals surface area contributed by atoms with E-state index in [9.17, 15) is 23.1 Å². The number of rotatable bonds is 2. The quantitative estimate of drug-likeness (QED) is 0.711. The van der Waals surface area contributed by atoms with Gasteiger partial charge in [-0.2, -0.15) is 18.3 Å². The van der Waals surface area contributed by atoms with Crippen LogP contribution in [0.15, 0.2) is 42.5 Å². The van der Waals surface area contributed by atoms with Crippen LogP contribution in [0.1, 0.15) is 35.4 Å². The van der Waals surface area contributed by atoms with Crippen molar-refractivity contribution in [3.63, 3.8) is 0 Å². The number of likely N-dealkylation sites (tertiary alicyclic amines) is 1. The summed E-state index contributed by atoms with van der Waals surface area (Å²) in [4.78, 5) is 18.5. The molecule has 1 fully saturated rings. The summed E-state index contributed by atoms with van der Waals surface area (Å²) in [6, 6.07) is 10.7. The highest BCUT2D eigenvalue weighted by Gasteiger charge is 2.36. The lowest BCUT2D eigenvalue weighted by Crippen LogP contribution is -2.36. The summed E-state index contributed by atoms with van der Waals surface area (Å²) in [5.74, 6) is -0.508. The molecule has 3 heterocycles. The Morgan fingerprint density at radius 2 is 1.90 bits per heavy atom. The molecule has 1 N–H and O–H groups in total. The maximum atomic E-state index is 13.7. The summed E-state index contributed by atoms with van der Waals surface area (Å²) >= 11 is 0. The summed E-state index contributed by atoms with van der Waals surface area (Å²) in [5.41, 5.74) is -0.504. The Balaban J connectivity index is 1.79. The van der Waals surface area contributed by atoms with Crippen LogP contribution >= 0.6 is 0 Å². The first-order chi connectivity index (χ1) is 13.8. The first-order valence-electron chi connectivity index (χ1n) is 9.34. The molecule has 6 nitrogen and oxygen atoms in total. The van der Waals surface area contributed by atoms with Gasteiger partial charge in [0, 0.05) is 24.7 Å². The van der Waals surface area contributed by atoms with E-state index in [-0.39, 0.29) is 23.6 Å². The molecule has 1 saturated heterocycles. The molecule has 3 aromatic rings. The van der Waals surface area contributed by atoms with Gasteiger partial charge in [0.2, 0.25) is 0 Å². The van der Waals surface area contributed by atoms with Gasteiger partial charge in [-0.25, -0.2) is 9.50 Å². The van der Waals surface area contributed by atoms with Gasteiger partial charge in [0.05, 0.1) is 11.8 Å². The van der Waals surface area contributed by atoms with Crippen molar-refractivity contribution in [3.05, 3.63) is 53.9 Å². The van der Waals surface area contributed by atoms with Gasteiger partial charge < -0.3 is 10.0 Å². The van der Waals surface area contributed by atoms with Gasteiger partial charge in [0.1, 0.15) is 0 Å². The van der Waals surface area contributed by atoms with Gasteiger partial charge in [-0.15, -0.1) is 0 Å². The highest BCUT2D eigenvalue weighted by Crippen LogP contribution is 2.32. The van der Waals surface area contributed by atoms with Crippen LogP contribution in [0.2, 0.25) is 0 Å². The minimum absolute atomic E-state index is 0.0580. The summed E-state index contributed by atoms with van der Waals surface area (Å²) in [7, 11) is 0. The number of carbonyl (C=O) groups excluding carboxylic acids is 1. The lowest BCUT2D eigenvalue weighted by atomic mass is 10.1. The third kappa shape index (κ3) is 3.95. The molecule has 0 saturated carbocycles. The van der Waals surface area contributed by atoms with Crippen LogP contribution in [0.5, 0.6) is 0 Å². The van der Waals surface area contributed by atoms with Crippen LogP contribution < -0.4 is 0 Å². The fraction of sp³-hybridized carbons (Fsp3) is 0.350. The monoisotopic (exact) mass is 404 g/mol. The first kappa shape index (κ1) is 19.4. The van der Waals surface area contributed by atoms with Gasteiger partial charge in [-0.1, -0.05) is 30.3 Å². The zero-order valence-electron chi connectivity index (χ0n) is 15.4. The van der Waals surface area contributed by atoms with E-state index in [0.717, 1.165) is 18.9 Å². The molecule has 1 atom stereocenters. The first-order valence-corrected chi connectivity index (χ1v) is 9.34. The van der Waals surface area contributed by atoms with Crippen LogP contribution in [0.3, 0.4) is 0 Å². The average molecular weight is 404 g/mol. The third-order valence-electron chi connectivity index (χ3n) is 4.94. The van der Waals surface area contributed by atoms with Crippen molar-refractivity contribution in [2.75, 3.05) is 13.1 Å². The Morgan fingerprint density at radius 3 is 2.62 bits per heavy atom. The van der Waals surface area contributed by atoms with Crippen molar-refractivity contribution in [2.24, 2.45) is 0 Å². The molecule has 0 aliphatic carbocycles. The number of β-amino-alcohol motifs (C(OH)–C–C–N with tert-alkyl or cyclic N) is 1. The van der Waals surface area contributed by atoms with E-state index in [0.29, 0.717) is 23.0 Å². The van der Waals surface area contributed by atoms with Crippen LogP contribution in [-0.4, -0.2) is 49.7 Å². The number of aliphatic hydroxyl groups excluding tert-OH is 1. The SMILES string of the molecule is O=C(c1cc2nc(-c3ccccc3)cc(C(F)(F)F)n2n1)N1CCCCC(O)C1. The van der Waals surface area contributed by atoms with Crippen molar-refractivity contribution < 1.29 is 23.1 Å². The second kappa shape index (κ2) is 7.47. The summed E-state index contributed by atoms with van der Waals surface area (Å²) < 4.78 is 41.7. The molecule has 1 unspecified atom stereocenters. The maximum Gasteiger partial charge on any atom is 0.433 e. The number of hydrogen-bond acceptors (Lipinski definition) is 4. The average Bonchev–Trinajstić information content (AvgIpc) is 3.00. The highest BCUT2D eigenvalue weighted by molar-refractivity contribution is 5.93. The predicted octanol–water partition coefficient (Wildman–Crippen LogP) is 3.40. The second-order valence-electron chi connectivity index (χ2n) is 7.09. The standard InChI is InChI=1S/C20H19F3N4O2/c21-20(22,23)17-10-15(13-6-2-1-3-7-13)24-18-11-16(25-27(17)18)19(29)26-9-5-4-8-14(28)12-26/h1-3,6-7,10-11,14,28H,4-5,8-9,12H2. The van der Waals surface area contributed by atoms with E-state index >= 15 is 0 Å². The molecule has 0 radical (unpaired) electrons. The van der Waals surface area contributed by atoms with Gasteiger partial charge >= 0.3 is 6.18 Å². The van der Waals surface area contributed by atoms with Crippen molar-refractivity contribution in [2.45, 2.75) is 31.5 Å². The minimum atomic E-state index is -4.67. The largest absolute Gasteiger partial charge is 0.433 e. The van der Waals surface area contributed by atoms with Crippen molar-refractivity contribution in [1.29, 1.82) is 0 Å². The molecule has 1 aromatic carbocycles. The normalized spacial score (nSPS) is 18.1. The zero-order valence-corrected chi connectivity index (χ0v) is 15.4. The summed E-state index contributed by atoms with van der Waals surface area (Å²) in [6.07, 6.45) is -3.21. The lowest BCUT2D eigenvalue weighted by molar-refractivity contribution is -0.142. The number of hydrogen-bond donors (Lipinski definition) is 1. The predicted molar refractivity (Wildman–Crippen MR) is 99.2 cm³/mol. The molecule has 0 spiro atoms. The van der Waals surface area contributed by atoms with Crippen LogP contribution in [0.25, 0.3) is 16.9 Å². The van der Waals surface area contributed by atoms with Crippen LogP contribution in [-0.2, 0) is 6.18 Å². The Morgan fingerprint density at radius 1 is 1.14 bits per heavy atom. The molecular formula is C20H19F3N4O2. The Labute approximate surface area is 164 Å². The molecule has 1 aliphatic heterocycles. The molecule has 152 valence electrons. The van der Waals surface area contributed by atoms with Gasteiger partial charge in [0.15, 0.2) is 17.0 Å². The second-order valence-corrected chi connectivity index (χ2v) is 7.09. The molecule has 9 heteroatoms. The number of carbonyl (C=O) groups is 1.